The first-order valence-electron chi connectivity index (χ1n) is 20.8. The molecule has 0 bridgehead atoms. The second kappa shape index (κ2) is 14.7. The van der Waals surface area contributed by atoms with Gasteiger partial charge in [0.2, 0.25) is 0 Å². The molecule has 0 spiro atoms. The average molecular weight is 793 g/mol. The predicted octanol–water partition coefficient (Wildman–Crippen LogP) is 13.8. The Morgan fingerprint density at radius 2 is 0.903 bits per heavy atom. The van der Waals surface area contributed by atoms with Gasteiger partial charge in [-0.3, -0.25) is 0 Å². The van der Waals surface area contributed by atoms with Crippen LogP contribution in [0.1, 0.15) is 0 Å². The van der Waals surface area contributed by atoms with Crippen LogP contribution in [-0.2, 0) is 0 Å². The maximum Gasteiger partial charge on any atom is 0.164 e. The van der Waals surface area contributed by atoms with Crippen molar-refractivity contribution in [1.29, 1.82) is 0 Å². The third kappa shape index (κ3) is 5.88. The molecule has 0 radical (unpaired) electrons. The summed E-state index contributed by atoms with van der Waals surface area (Å²) in [5.41, 5.74) is 13.4. The molecule has 0 aliphatic heterocycles. The number of hydrogen-bond acceptors (Lipinski definition) is 4. The minimum absolute atomic E-state index is 0.601. The van der Waals surface area contributed by atoms with Crippen LogP contribution in [0.4, 0.5) is 0 Å². The number of nitrogens with zero attached hydrogens (tertiary/aromatic N) is 6. The number of pyridine rings is 1. The Morgan fingerprint density at radius 3 is 1.61 bits per heavy atom. The first-order valence-corrected chi connectivity index (χ1v) is 20.8. The van der Waals surface area contributed by atoms with E-state index in [1.165, 1.54) is 0 Å². The van der Waals surface area contributed by atoms with Crippen molar-refractivity contribution in [2.45, 2.75) is 0 Å². The highest BCUT2D eigenvalue weighted by molar-refractivity contribution is 6.15. The van der Waals surface area contributed by atoms with Crippen LogP contribution in [0.25, 0.3) is 112 Å². The Labute approximate surface area is 357 Å². The van der Waals surface area contributed by atoms with Gasteiger partial charge in [-0.05, 0) is 41.3 Å². The summed E-state index contributed by atoms with van der Waals surface area (Å²) in [5.74, 6) is 1.84. The van der Waals surface area contributed by atoms with E-state index in [4.69, 9.17) is 20.1 Å². The molecule has 0 N–H and O–H groups in total. The molecule has 12 rings (SSSR count). The van der Waals surface area contributed by atoms with Crippen LogP contribution in [-0.4, -0.2) is 29.1 Å². The molecule has 0 aliphatic rings. The van der Waals surface area contributed by atoms with Gasteiger partial charge in [-0.2, -0.15) is 5.10 Å². The maximum atomic E-state index is 5.41. The molecule has 0 unspecified atom stereocenters. The summed E-state index contributed by atoms with van der Waals surface area (Å²) < 4.78 is 4.45. The van der Waals surface area contributed by atoms with E-state index in [-0.39, 0.29) is 0 Å². The van der Waals surface area contributed by atoms with Gasteiger partial charge in [-0.15, -0.1) is 0 Å². The van der Waals surface area contributed by atoms with Crippen molar-refractivity contribution in [2.24, 2.45) is 0 Å². The number of rotatable bonds is 7. The maximum absolute atomic E-state index is 5.41. The van der Waals surface area contributed by atoms with Crippen LogP contribution in [0.3, 0.4) is 0 Å². The topological polar surface area (TPSA) is 60.9 Å². The standard InChI is InChI=1S/C56H36N6/c1-5-18-37(19-6-1)49-36-42-24-13-14-27-44(42)53-50(52(60-62(49)53)39-20-7-2-8-21-39)38-32-34-41(35-33-38)55-57-54(40-22-9-3-10-23-40)58-56(59-55)46-29-17-31-48-51(46)45-28-15-16-30-47(45)61(48)43-25-11-4-12-26-43/h1-36H. The van der Waals surface area contributed by atoms with Gasteiger partial charge in [0.05, 0.1) is 22.2 Å². The Kier molecular flexibility index (Phi) is 8.38. The molecule has 290 valence electrons. The molecule has 4 aromatic heterocycles. The molecule has 4 heterocycles. The number of benzene rings is 8. The lowest BCUT2D eigenvalue weighted by atomic mass is 9.96. The summed E-state index contributed by atoms with van der Waals surface area (Å²) in [6, 6.07) is 76.1. The van der Waals surface area contributed by atoms with Crippen LogP contribution < -0.4 is 0 Å². The van der Waals surface area contributed by atoms with Crippen LogP contribution >= 0.6 is 0 Å². The second-order valence-corrected chi connectivity index (χ2v) is 15.5. The number of aromatic nitrogens is 6. The summed E-state index contributed by atoms with van der Waals surface area (Å²) in [6.45, 7) is 0. The van der Waals surface area contributed by atoms with Gasteiger partial charge in [0.1, 0.15) is 5.69 Å². The molecule has 6 heteroatoms. The van der Waals surface area contributed by atoms with Crippen molar-refractivity contribution in [3.05, 3.63) is 218 Å². The van der Waals surface area contributed by atoms with Crippen molar-refractivity contribution in [3.8, 4) is 73.5 Å². The Bertz CT molecular complexity index is 3600. The van der Waals surface area contributed by atoms with Crippen molar-refractivity contribution >= 4 is 38.1 Å². The van der Waals surface area contributed by atoms with Gasteiger partial charge in [-0.25, -0.2) is 19.5 Å². The molecule has 0 saturated carbocycles. The molecule has 0 fully saturated rings. The lowest BCUT2D eigenvalue weighted by Crippen LogP contribution is -2.00. The zero-order chi connectivity index (χ0) is 41.0. The van der Waals surface area contributed by atoms with Crippen LogP contribution in [0.2, 0.25) is 0 Å². The number of hydrogen-bond donors (Lipinski definition) is 0. The summed E-state index contributed by atoms with van der Waals surface area (Å²) >= 11 is 0. The normalized spacial score (nSPS) is 11.5. The van der Waals surface area contributed by atoms with E-state index in [0.717, 1.165) is 94.1 Å². The van der Waals surface area contributed by atoms with Gasteiger partial charge in [0, 0.05) is 55.2 Å². The molecule has 62 heavy (non-hydrogen) atoms. The summed E-state index contributed by atoms with van der Waals surface area (Å²) in [5, 5.41) is 9.94. The summed E-state index contributed by atoms with van der Waals surface area (Å²) in [6.07, 6.45) is 0. The smallest absolute Gasteiger partial charge is 0.164 e. The molecular formula is C56H36N6. The zero-order valence-corrected chi connectivity index (χ0v) is 33.5. The van der Waals surface area contributed by atoms with Crippen LogP contribution in [0.5, 0.6) is 0 Å². The monoisotopic (exact) mass is 792 g/mol. The zero-order valence-electron chi connectivity index (χ0n) is 33.5. The third-order valence-corrected chi connectivity index (χ3v) is 11.8. The van der Waals surface area contributed by atoms with Crippen molar-refractivity contribution in [3.63, 3.8) is 0 Å². The van der Waals surface area contributed by atoms with E-state index in [2.05, 4.69) is 203 Å². The summed E-state index contributed by atoms with van der Waals surface area (Å²) in [7, 11) is 0. The fourth-order valence-corrected chi connectivity index (χ4v) is 8.96. The highest BCUT2D eigenvalue weighted by atomic mass is 15.2. The number of para-hydroxylation sites is 2. The molecule has 0 amide bonds. The van der Waals surface area contributed by atoms with Crippen molar-refractivity contribution in [1.82, 2.24) is 29.1 Å². The lowest BCUT2D eigenvalue weighted by molar-refractivity contribution is 0.979. The lowest BCUT2D eigenvalue weighted by Gasteiger charge is -2.12. The third-order valence-electron chi connectivity index (χ3n) is 11.8. The van der Waals surface area contributed by atoms with Gasteiger partial charge in [-0.1, -0.05) is 188 Å². The van der Waals surface area contributed by atoms with Gasteiger partial charge >= 0.3 is 0 Å². The molecule has 6 nitrogen and oxygen atoms in total. The van der Waals surface area contributed by atoms with E-state index < -0.39 is 0 Å². The Balaban J connectivity index is 1.06. The average Bonchev–Trinajstić information content (AvgIpc) is 3.92. The van der Waals surface area contributed by atoms with E-state index in [1.54, 1.807) is 0 Å². The largest absolute Gasteiger partial charge is 0.309 e. The quantitative estimate of drug-likeness (QED) is 0.161. The molecule has 0 saturated heterocycles. The van der Waals surface area contributed by atoms with Gasteiger partial charge in [0.15, 0.2) is 17.5 Å². The van der Waals surface area contributed by atoms with Crippen molar-refractivity contribution < 1.29 is 0 Å². The summed E-state index contributed by atoms with van der Waals surface area (Å²) in [4.78, 5) is 15.6. The highest BCUT2D eigenvalue weighted by Crippen LogP contribution is 2.42. The minimum Gasteiger partial charge on any atom is -0.309 e. The van der Waals surface area contributed by atoms with Gasteiger partial charge < -0.3 is 4.57 Å². The molecule has 0 atom stereocenters. The molecule has 12 aromatic rings. The number of fused-ring (bicyclic) bond motifs is 6. The van der Waals surface area contributed by atoms with Crippen LogP contribution in [0, 0.1) is 0 Å². The van der Waals surface area contributed by atoms with Crippen LogP contribution in [0.15, 0.2) is 218 Å². The molecule has 0 aliphatic carbocycles. The second-order valence-electron chi connectivity index (χ2n) is 15.5. The minimum atomic E-state index is 0.601. The first-order chi connectivity index (χ1) is 30.8. The first kappa shape index (κ1) is 35.5. The van der Waals surface area contributed by atoms with E-state index in [0.29, 0.717) is 17.5 Å². The van der Waals surface area contributed by atoms with E-state index in [1.807, 2.05) is 24.3 Å². The fourth-order valence-electron chi connectivity index (χ4n) is 8.96. The molecule has 8 aromatic carbocycles. The van der Waals surface area contributed by atoms with Crippen molar-refractivity contribution in [2.75, 3.05) is 0 Å². The Hall–Kier alpha value is -8.48. The van der Waals surface area contributed by atoms with Gasteiger partial charge in [0.25, 0.3) is 0 Å². The van der Waals surface area contributed by atoms with E-state index >= 15 is 0 Å². The highest BCUT2D eigenvalue weighted by Gasteiger charge is 2.23. The molecular weight excluding hydrogens is 757 g/mol. The SMILES string of the molecule is c1ccc(-c2nc(-c3ccc(-c4c(-c5ccccc5)nn5c(-c6ccccc6)cc6ccccc6c45)cc3)nc(-c3cccc4c3c3ccccc3n4-c3ccccc3)n2)cc1. The Morgan fingerprint density at radius 1 is 0.371 bits per heavy atom. The predicted molar refractivity (Wildman–Crippen MR) is 253 cm³/mol. The fraction of sp³-hybridized carbons (Fsp3) is 0. The van der Waals surface area contributed by atoms with E-state index in [9.17, 15) is 0 Å².